The third kappa shape index (κ3) is 1.55. The second kappa shape index (κ2) is 3.50. The van der Waals surface area contributed by atoms with E-state index < -0.39 is 11.6 Å². The van der Waals surface area contributed by atoms with Crippen molar-refractivity contribution >= 4 is 5.57 Å². The van der Waals surface area contributed by atoms with Crippen LogP contribution in [-0.4, -0.2) is 13.1 Å². The average Bonchev–Trinajstić information content (AvgIpc) is 2.64. The smallest absolute Gasteiger partial charge is 0.133 e. The molecular weight excluding hydrogens is 184 g/mol. The van der Waals surface area contributed by atoms with Gasteiger partial charge in [-0.25, -0.2) is 8.78 Å². The Kier molecular flexibility index (Phi) is 2.33. The molecule has 1 N–H and O–H groups in total. The van der Waals surface area contributed by atoms with Crippen molar-refractivity contribution < 1.29 is 8.78 Å². The summed E-state index contributed by atoms with van der Waals surface area (Å²) >= 11 is 0. The summed E-state index contributed by atoms with van der Waals surface area (Å²) in [5, 5.41) is 3.08. The van der Waals surface area contributed by atoms with Crippen LogP contribution in [0.1, 0.15) is 11.1 Å². The molecule has 1 aliphatic rings. The molecule has 0 radical (unpaired) electrons. The van der Waals surface area contributed by atoms with E-state index in [2.05, 4.69) is 5.32 Å². The van der Waals surface area contributed by atoms with Crippen LogP contribution >= 0.6 is 0 Å². The number of hydrogen-bond acceptors (Lipinski definition) is 1. The van der Waals surface area contributed by atoms with Gasteiger partial charge in [0.1, 0.15) is 11.6 Å². The van der Waals surface area contributed by atoms with Crippen LogP contribution in [0.15, 0.2) is 18.2 Å². The van der Waals surface area contributed by atoms with Gasteiger partial charge in [0.15, 0.2) is 0 Å². The first kappa shape index (κ1) is 9.34. The normalized spacial score (nSPS) is 15.8. The minimum absolute atomic E-state index is 0.481. The fourth-order valence-electron chi connectivity index (χ4n) is 1.58. The van der Waals surface area contributed by atoms with Crippen molar-refractivity contribution in [1.82, 2.24) is 5.32 Å². The Morgan fingerprint density at radius 2 is 2.00 bits per heavy atom. The quantitative estimate of drug-likeness (QED) is 0.724. The second-order valence-corrected chi connectivity index (χ2v) is 3.44. The first-order valence-corrected chi connectivity index (χ1v) is 4.54. The standard InChI is InChI=1S/C11H11F2N/c1-7-4-9(8-2-3-14-6-8)11(13)5-10(7)12/h2,4-5,14H,3,6H2,1H3. The van der Waals surface area contributed by atoms with Gasteiger partial charge in [-0.1, -0.05) is 6.08 Å². The zero-order chi connectivity index (χ0) is 10.1. The Morgan fingerprint density at radius 3 is 2.64 bits per heavy atom. The van der Waals surface area contributed by atoms with Crippen LogP contribution in [0.2, 0.25) is 0 Å². The number of halogens is 2. The highest BCUT2D eigenvalue weighted by molar-refractivity contribution is 5.69. The van der Waals surface area contributed by atoms with Gasteiger partial charge in [-0.05, 0) is 24.1 Å². The fourth-order valence-corrected chi connectivity index (χ4v) is 1.58. The lowest BCUT2D eigenvalue weighted by molar-refractivity contribution is 0.575. The molecule has 3 heteroatoms. The van der Waals surface area contributed by atoms with Crippen molar-refractivity contribution in [2.75, 3.05) is 13.1 Å². The summed E-state index contributed by atoms with van der Waals surface area (Å²) in [5.74, 6) is -0.971. The van der Waals surface area contributed by atoms with Crippen LogP contribution in [-0.2, 0) is 0 Å². The summed E-state index contributed by atoms with van der Waals surface area (Å²) in [5.41, 5.74) is 1.90. The Balaban J connectivity index is 2.47. The van der Waals surface area contributed by atoms with E-state index in [1.807, 2.05) is 6.08 Å². The molecule has 0 unspecified atom stereocenters. The Labute approximate surface area is 81.4 Å². The van der Waals surface area contributed by atoms with Gasteiger partial charge in [-0.15, -0.1) is 0 Å². The summed E-state index contributed by atoms with van der Waals surface area (Å²) < 4.78 is 26.3. The minimum atomic E-state index is -0.488. The fraction of sp³-hybridized carbons (Fsp3) is 0.273. The van der Waals surface area contributed by atoms with E-state index in [1.54, 1.807) is 13.0 Å². The monoisotopic (exact) mass is 195 g/mol. The molecule has 0 amide bonds. The van der Waals surface area contributed by atoms with E-state index in [4.69, 9.17) is 0 Å². The van der Waals surface area contributed by atoms with Crippen molar-refractivity contribution in [2.45, 2.75) is 6.92 Å². The molecule has 0 saturated carbocycles. The van der Waals surface area contributed by atoms with Crippen LogP contribution < -0.4 is 5.32 Å². The lowest BCUT2D eigenvalue weighted by atomic mass is 10.0. The van der Waals surface area contributed by atoms with Gasteiger partial charge in [0.05, 0.1) is 0 Å². The van der Waals surface area contributed by atoms with Crippen molar-refractivity contribution in [3.05, 3.63) is 41.0 Å². The minimum Gasteiger partial charge on any atom is -0.309 e. The number of hydrogen-bond donors (Lipinski definition) is 1. The van der Waals surface area contributed by atoms with Crippen molar-refractivity contribution in [1.29, 1.82) is 0 Å². The van der Waals surface area contributed by atoms with Crippen LogP contribution in [0.25, 0.3) is 5.57 Å². The first-order chi connectivity index (χ1) is 6.68. The van der Waals surface area contributed by atoms with E-state index in [-0.39, 0.29) is 0 Å². The van der Waals surface area contributed by atoms with E-state index in [9.17, 15) is 8.78 Å². The van der Waals surface area contributed by atoms with Crippen molar-refractivity contribution in [3.63, 3.8) is 0 Å². The van der Waals surface area contributed by atoms with Gasteiger partial charge in [-0.3, -0.25) is 0 Å². The molecule has 0 bridgehead atoms. The molecule has 0 aliphatic carbocycles. The van der Waals surface area contributed by atoms with Gasteiger partial charge in [0.2, 0.25) is 0 Å². The maximum atomic E-state index is 13.4. The SMILES string of the molecule is Cc1cc(C2=CCNC2)c(F)cc1F. The maximum Gasteiger partial charge on any atom is 0.133 e. The molecule has 1 aromatic carbocycles. The third-order valence-electron chi connectivity index (χ3n) is 2.40. The predicted octanol–water partition coefficient (Wildman–Crippen LogP) is 2.26. The molecule has 14 heavy (non-hydrogen) atoms. The molecule has 2 rings (SSSR count). The lowest BCUT2D eigenvalue weighted by Gasteiger charge is -2.06. The van der Waals surface area contributed by atoms with E-state index >= 15 is 0 Å². The number of aryl methyl sites for hydroxylation is 1. The van der Waals surface area contributed by atoms with E-state index in [0.717, 1.165) is 18.2 Å². The Hall–Kier alpha value is -1.22. The summed E-state index contributed by atoms with van der Waals surface area (Å²) in [4.78, 5) is 0. The Bertz CT molecular complexity index is 397. The molecule has 74 valence electrons. The zero-order valence-electron chi connectivity index (χ0n) is 7.90. The van der Waals surface area contributed by atoms with Crippen molar-refractivity contribution in [3.8, 4) is 0 Å². The summed E-state index contributed by atoms with van der Waals surface area (Å²) in [6.45, 7) is 3.05. The van der Waals surface area contributed by atoms with Crippen LogP contribution in [0.3, 0.4) is 0 Å². The molecule has 0 fully saturated rings. The largest absolute Gasteiger partial charge is 0.309 e. The van der Waals surface area contributed by atoms with Crippen LogP contribution in [0.4, 0.5) is 8.78 Å². The maximum absolute atomic E-state index is 13.4. The van der Waals surface area contributed by atoms with Crippen LogP contribution in [0.5, 0.6) is 0 Å². The molecule has 1 nitrogen and oxygen atoms in total. The second-order valence-electron chi connectivity index (χ2n) is 3.44. The molecule has 1 aliphatic heterocycles. The van der Waals surface area contributed by atoms with Gasteiger partial charge < -0.3 is 5.32 Å². The van der Waals surface area contributed by atoms with Gasteiger partial charge in [-0.2, -0.15) is 0 Å². The molecule has 0 atom stereocenters. The Morgan fingerprint density at radius 1 is 1.21 bits per heavy atom. The van der Waals surface area contributed by atoms with E-state index in [1.165, 1.54) is 0 Å². The predicted molar refractivity (Wildman–Crippen MR) is 51.9 cm³/mol. The van der Waals surface area contributed by atoms with E-state index in [0.29, 0.717) is 17.7 Å². The molecule has 0 saturated heterocycles. The van der Waals surface area contributed by atoms with Gasteiger partial charge in [0.25, 0.3) is 0 Å². The molecule has 0 spiro atoms. The van der Waals surface area contributed by atoms with Gasteiger partial charge in [0, 0.05) is 24.7 Å². The van der Waals surface area contributed by atoms with Gasteiger partial charge >= 0.3 is 0 Å². The summed E-state index contributed by atoms with van der Waals surface area (Å²) in [6, 6.07) is 2.51. The van der Waals surface area contributed by atoms with Crippen LogP contribution in [0, 0.1) is 18.6 Å². The number of rotatable bonds is 1. The zero-order valence-corrected chi connectivity index (χ0v) is 7.90. The summed E-state index contributed by atoms with van der Waals surface area (Å²) in [6.07, 6.45) is 1.93. The average molecular weight is 195 g/mol. The van der Waals surface area contributed by atoms with Crippen molar-refractivity contribution in [2.24, 2.45) is 0 Å². The molecule has 1 heterocycles. The number of nitrogens with one attached hydrogen (secondary N) is 1. The highest BCUT2D eigenvalue weighted by atomic mass is 19.1. The topological polar surface area (TPSA) is 12.0 Å². The lowest BCUT2D eigenvalue weighted by Crippen LogP contribution is -2.08. The summed E-state index contributed by atoms with van der Waals surface area (Å²) in [7, 11) is 0. The molecule has 1 aromatic rings. The number of benzene rings is 1. The molecule has 0 aromatic heterocycles. The highest BCUT2D eigenvalue weighted by Crippen LogP contribution is 2.22. The first-order valence-electron chi connectivity index (χ1n) is 4.54. The third-order valence-corrected chi connectivity index (χ3v) is 2.40. The molecular formula is C11H11F2N. The highest BCUT2D eigenvalue weighted by Gasteiger charge is 2.13.